The number of nitrogens with one attached hydrogen (secondary N) is 1. The van der Waals surface area contributed by atoms with Gasteiger partial charge in [0.25, 0.3) is 0 Å². The minimum Gasteiger partial charge on any atom is -0.424 e. The first-order valence-corrected chi connectivity index (χ1v) is 7.73. The molecule has 1 unspecified atom stereocenters. The van der Waals surface area contributed by atoms with Gasteiger partial charge in [-0.2, -0.15) is 4.98 Å². The molecule has 2 fully saturated rings. The van der Waals surface area contributed by atoms with E-state index in [1.54, 1.807) is 13.8 Å². The summed E-state index contributed by atoms with van der Waals surface area (Å²) < 4.78 is 16.6. The molecule has 138 valence electrons. The maximum Gasteiger partial charge on any atom is 0.509 e. The number of carbonyl (C=O) groups is 1. The second-order valence-electron chi connectivity index (χ2n) is 6.02. The lowest BCUT2D eigenvalue weighted by molar-refractivity contribution is -0.104. The summed E-state index contributed by atoms with van der Waals surface area (Å²) in [5.74, 6) is -0.0574. The van der Waals surface area contributed by atoms with Gasteiger partial charge in [-0.05, 0) is 6.07 Å². The van der Waals surface area contributed by atoms with Gasteiger partial charge >= 0.3 is 11.8 Å². The van der Waals surface area contributed by atoms with E-state index in [1.807, 2.05) is 0 Å². The van der Waals surface area contributed by atoms with Crippen LogP contribution in [0.4, 0.5) is 10.6 Å². The number of hydrogen-bond donors (Lipinski definition) is 3. The number of aliphatic hydroxyl groups excluding tert-OH is 2. The van der Waals surface area contributed by atoms with Gasteiger partial charge in [0.15, 0.2) is 30.5 Å². The second kappa shape index (κ2) is 6.96. The van der Waals surface area contributed by atoms with Gasteiger partial charge in [0.2, 0.25) is 0 Å². The smallest absolute Gasteiger partial charge is 0.424 e. The first-order valence-electron chi connectivity index (χ1n) is 7.73. The van der Waals surface area contributed by atoms with E-state index < -0.39 is 49.3 Å². The largest absolute Gasteiger partial charge is 0.509 e. The lowest BCUT2D eigenvalue weighted by atomic mass is 10.1. The molecule has 0 spiro atoms. The molecule has 25 heavy (non-hydrogen) atoms. The Morgan fingerprint density at radius 3 is 2.72 bits per heavy atom. The second-order valence-corrected chi connectivity index (χ2v) is 6.02. The zero-order chi connectivity index (χ0) is 18.1. The molecule has 5 atom stereocenters. The van der Waals surface area contributed by atoms with Gasteiger partial charge in [-0.15, -0.1) is 0 Å². The van der Waals surface area contributed by atoms with Crippen molar-refractivity contribution in [2.75, 3.05) is 12.1 Å². The van der Waals surface area contributed by atoms with Gasteiger partial charge in [0.1, 0.15) is 6.10 Å². The number of nitrogens with zero attached hydrogens (tertiary/aromatic N) is 2. The van der Waals surface area contributed by atoms with Crippen LogP contribution in [0.25, 0.3) is 0 Å². The summed E-state index contributed by atoms with van der Waals surface area (Å²) in [6, 6.07) is 1.43. The lowest BCUT2D eigenvalue weighted by Gasteiger charge is -2.18. The highest BCUT2D eigenvalue weighted by Crippen LogP contribution is 2.36. The molecule has 0 bridgehead atoms. The Kier molecular flexibility index (Phi) is 4.90. The van der Waals surface area contributed by atoms with Crippen LogP contribution in [0.1, 0.15) is 20.1 Å². The molecular formula is C14H19N3O8. The Hall–Kier alpha value is -2.21. The molecule has 0 amide bonds. The predicted octanol–water partition coefficient (Wildman–Crippen LogP) is -0.645. The number of ether oxygens (including phenoxy) is 3. The summed E-state index contributed by atoms with van der Waals surface area (Å²) in [7, 11) is 0. The van der Waals surface area contributed by atoms with Gasteiger partial charge < -0.3 is 24.4 Å². The predicted molar refractivity (Wildman–Crippen MR) is 80.2 cm³/mol. The Labute approximate surface area is 142 Å². The fourth-order valence-electron chi connectivity index (χ4n) is 2.52. The minimum absolute atomic E-state index is 0.0915. The number of carbonyl (C=O) groups excluding carboxylic acids is 1. The third kappa shape index (κ3) is 3.44. The van der Waals surface area contributed by atoms with Gasteiger partial charge in [-0.1, -0.05) is 13.8 Å². The van der Waals surface area contributed by atoms with Crippen LogP contribution in [0, 0.1) is 5.92 Å². The molecule has 0 radical (unpaired) electrons. The molecule has 2 aliphatic rings. The monoisotopic (exact) mass is 357 g/mol. The summed E-state index contributed by atoms with van der Waals surface area (Å²) in [6.07, 6.45) is -3.99. The number of aliphatic hydroxyl groups is 2. The molecule has 3 N–H and O–H groups in total. The molecule has 11 heteroatoms. The molecule has 3 rings (SSSR count). The van der Waals surface area contributed by atoms with E-state index in [0.717, 1.165) is 4.57 Å². The van der Waals surface area contributed by atoms with Crippen LogP contribution in [0.15, 0.2) is 17.1 Å². The molecular weight excluding hydrogens is 338 g/mol. The van der Waals surface area contributed by atoms with Gasteiger partial charge in [-0.3, -0.25) is 4.57 Å². The standard InChI is InChI=1S/C14H19N3O8/c1-6(2)12(19)25-16-8-3-4-17(13(20)15-8)11-10-9(7(5-18)22-11)23-14(21)24-10/h3-4,6-7,9-12,18-19H,5H2,1-2H3,(H,15,16,20)/t7-,9-,10-,11-,12?/m1/s1. The van der Waals surface area contributed by atoms with Crippen LogP contribution in [0.3, 0.4) is 0 Å². The normalized spacial score (nSPS) is 29.2. The van der Waals surface area contributed by atoms with E-state index >= 15 is 0 Å². The van der Waals surface area contributed by atoms with Crippen LogP contribution in [-0.4, -0.2) is 57.1 Å². The van der Waals surface area contributed by atoms with Crippen molar-refractivity contribution in [3.8, 4) is 0 Å². The summed E-state index contributed by atoms with van der Waals surface area (Å²) in [5, 5.41) is 18.9. The fourth-order valence-corrected chi connectivity index (χ4v) is 2.52. The zero-order valence-electron chi connectivity index (χ0n) is 13.6. The summed E-state index contributed by atoms with van der Waals surface area (Å²) in [4.78, 5) is 32.3. The van der Waals surface area contributed by atoms with Crippen molar-refractivity contribution < 1.29 is 34.1 Å². The fraction of sp³-hybridized carbons (Fsp3) is 0.643. The van der Waals surface area contributed by atoms with E-state index in [0.29, 0.717) is 0 Å². The van der Waals surface area contributed by atoms with Gasteiger partial charge in [0, 0.05) is 12.1 Å². The highest BCUT2D eigenvalue weighted by Gasteiger charge is 2.55. The van der Waals surface area contributed by atoms with E-state index in [9.17, 15) is 19.8 Å². The van der Waals surface area contributed by atoms with Crippen LogP contribution in [0.5, 0.6) is 0 Å². The summed E-state index contributed by atoms with van der Waals surface area (Å²) in [5.41, 5.74) is 1.70. The van der Waals surface area contributed by atoms with Gasteiger partial charge in [-0.25, -0.2) is 19.9 Å². The van der Waals surface area contributed by atoms with Crippen molar-refractivity contribution >= 4 is 12.0 Å². The number of fused-ring (bicyclic) bond motifs is 1. The third-order valence-electron chi connectivity index (χ3n) is 3.89. The first kappa shape index (κ1) is 17.6. The molecule has 2 aliphatic heterocycles. The van der Waals surface area contributed by atoms with Crippen molar-refractivity contribution in [2.24, 2.45) is 5.92 Å². The van der Waals surface area contributed by atoms with Crippen molar-refractivity contribution in [3.05, 3.63) is 22.7 Å². The molecule has 0 aromatic carbocycles. The first-order chi connectivity index (χ1) is 11.9. The van der Waals surface area contributed by atoms with E-state index in [2.05, 4.69) is 10.5 Å². The highest BCUT2D eigenvalue weighted by molar-refractivity contribution is 5.63. The SMILES string of the molecule is CC(C)C(O)ONc1ccn([C@@H]2O[C@H](CO)[C@H]3OC(=O)O[C@H]32)c(=O)n1. The molecule has 1 aromatic heterocycles. The number of aromatic nitrogens is 2. The van der Waals surface area contributed by atoms with Crippen LogP contribution >= 0.6 is 0 Å². The maximum absolute atomic E-state index is 12.2. The van der Waals surface area contributed by atoms with Crippen molar-refractivity contribution in [2.45, 2.75) is 44.7 Å². The molecule has 0 saturated carbocycles. The number of anilines is 1. The molecule has 0 aliphatic carbocycles. The van der Waals surface area contributed by atoms with E-state index in [-0.39, 0.29) is 11.7 Å². The average molecular weight is 357 g/mol. The maximum atomic E-state index is 12.2. The van der Waals surface area contributed by atoms with Crippen LogP contribution in [0.2, 0.25) is 0 Å². The molecule has 1 aromatic rings. The van der Waals surface area contributed by atoms with E-state index in [1.165, 1.54) is 12.3 Å². The number of hydrogen-bond acceptors (Lipinski definition) is 10. The quantitative estimate of drug-likeness (QED) is 0.342. The van der Waals surface area contributed by atoms with Crippen LogP contribution in [-0.2, 0) is 19.0 Å². The van der Waals surface area contributed by atoms with Crippen molar-refractivity contribution in [1.82, 2.24) is 9.55 Å². The number of rotatable bonds is 6. The van der Waals surface area contributed by atoms with E-state index in [4.69, 9.17) is 19.0 Å². The average Bonchev–Trinajstić information content (AvgIpc) is 3.10. The molecule has 11 nitrogen and oxygen atoms in total. The zero-order valence-corrected chi connectivity index (χ0v) is 13.6. The Bertz CT molecular complexity index is 693. The molecule has 2 saturated heterocycles. The molecule has 3 heterocycles. The topological polar surface area (TPSA) is 141 Å². The minimum atomic E-state index is -1.07. The van der Waals surface area contributed by atoms with Crippen LogP contribution < -0.4 is 11.2 Å². The Morgan fingerprint density at radius 1 is 1.36 bits per heavy atom. The Morgan fingerprint density at radius 2 is 2.08 bits per heavy atom. The van der Waals surface area contributed by atoms with Crippen molar-refractivity contribution in [1.29, 1.82) is 0 Å². The summed E-state index contributed by atoms with van der Waals surface area (Å²) in [6.45, 7) is 3.12. The summed E-state index contributed by atoms with van der Waals surface area (Å²) >= 11 is 0. The van der Waals surface area contributed by atoms with Crippen molar-refractivity contribution in [3.63, 3.8) is 0 Å². The third-order valence-corrected chi connectivity index (χ3v) is 3.89. The Balaban J connectivity index is 1.75. The highest BCUT2D eigenvalue weighted by atomic mass is 16.8. The van der Waals surface area contributed by atoms with Gasteiger partial charge in [0.05, 0.1) is 6.61 Å². The lowest BCUT2D eigenvalue weighted by Crippen LogP contribution is -2.34.